The maximum Gasteiger partial charge on any atom is 0.0731 e. The zero-order valence-corrected chi connectivity index (χ0v) is 12.8. The molecule has 1 N–H and O–H groups in total. The second-order valence-electron chi connectivity index (χ2n) is 7.18. The van der Waals surface area contributed by atoms with Crippen LogP contribution in [0.15, 0.2) is 18.3 Å². The van der Waals surface area contributed by atoms with E-state index in [0.29, 0.717) is 0 Å². The molecule has 1 unspecified atom stereocenters. The summed E-state index contributed by atoms with van der Waals surface area (Å²) in [7, 11) is 0. The summed E-state index contributed by atoms with van der Waals surface area (Å²) in [6, 6.07) is 4.22. The molecule has 2 nitrogen and oxygen atoms in total. The second kappa shape index (κ2) is 5.48. The summed E-state index contributed by atoms with van der Waals surface area (Å²) in [5.41, 5.74) is 2.04. The van der Waals surface area contributed by atoms with Gasteiger partial charge in [0.25, 0.3) is 0 Å². The van der Waals surface area contributed by atoms with E-state index >= 15 is 0 Å². The van der Waals surface area contributed by atoms with Crippen LogP contribution in [0.25, 0.3) is 0 Å². The third-order valence-electron chi connectivity index (χ3n) is 5.68. The average Bonchev–Trinajstić information content (AvgIpc) is 2.47. The fourth-order valence-corrected chi connectivity index (χ4v) is 4.29. The molecule has 1 aromatic rings. The molecule has 0 spiro atoms. The highest BCUT2D eigenvalue weighted by Crippen LogP contribution is 2.47. The molecule has 0 amide bonds. The number of pyridine rings is 1. The fourth-order valence-electron chi connectivity index (χ4n) is 4.29. The van der Waals surface area contributed by atoms with Crippen molar-refractivity contribution in [2.24, 2.45) is 11.8 Å². The van der Waals surface area contributed by atoms with Gasteiger partial charge in [-0.05, 0) is 68.4 Å². The summed E-state index contributed by atoms with van der Waals surface area (Å²) in [4.78, 5) is 4.62. The van der Waals surface area contributed by atoms with Crippen molar-refractivity contribution in [3.8, 4) is 0 Å². The van der Waals surface area contributed by atoms with Crippen LogP contribution in [0, 0.1) is 11.8 Å². The van der Waals surface area contributed by atoms with Crippen LogP contribution < -0.4 is 0 Å². The van der Waals surface area contributed by atoms with Gasteiger partial charge in [-0.2, -0.15) is 0 Å². The van der Waals surface area contributed by atoms with Gasteiger partial charge in [0, 0.05) is 17.8 Å². The Bertz CT molecular complexity index is 460. The van der Waals surface area contributed by atoms with Gasteiger partial charge in [0.15, 0.2) is 0 Å². The van der Waals surface area contributed by atoms with E-state index in [-0.39, 0.29) is 5.92 Å². The molecule has 1 atom stereocenters. The van der Waals surface area contributed by atoms with E-state index in [1.54, 1.807) is 0 Å². The standard InChI is InChI=1S/C18H27NO/c1-13(2)14-8-10-18(20,11-9-14)16-7-3-5-15-6-4-12-19-17(15)16/h4,6,12-14,16,20H,3,5,7-11H2,1-2H3. The topological polar surface area (TPSA) is 33.1 Å². The van der Waals surface area contributed by atoms with E-state index in [1.807, 2.05) is 12.3 Å². The minimum Gasteiger partial charge on any atom is -0.389 e. The van der Waals surface area contributed by atoms with E-state index < -0.39 is 5.60 Å². The van der Waals surface area contributed by atoms with E-state index in [2.05, 4.69) is 24.9 Å². The van der Waals surface area contributed by atoms with E-state index in [9.17, 15) is 5.11 Å². The molecular weight excluding hydrogens is 246 g/mol. The summed E-state index contributed by atoms with van der Waals surface area (Å²) >= 11 is 0. The molecule has 0 aromatic carbocycles. The molecule has 1 saturated carbocycles. The van der Waals surface area contributed by atoms with Crippen molar-refractivity contribution in [1.29, 1.82) is 0 Å². The molecule has 0 aliphatic heterocycles. The lowest BCUT2D eigenvalue weighted by Crippen LogP contribution is -2.42. The smallest absolute Gasteiger partial charge is 0.0731 e. The third kappa shape index (κ3) is 2.50. The van der Waals surface area contributed by atoms with Crippen molar-refractivity contribution in [3.63, 3.8) is 0 Å². The number of nitrogens with zero attached hydrogens (tertiary/aromatic N) is 1. The predicted molar refractivity (Wildman–Crippen MR) is 81.7 cm³/mol. The van der Waals surface area contributed by atoms with Crippen LogP contribution in [-0.2, 0) is 6.42 Å². The Labute approximate surface area is 122 Å². The monoisotopic (exact) mass is 273 g/mol. The van der Waals surface area contributed by atoms with Gasteiger partial charge in [-0.15, -0.1) is 0 Å². The molecule has 1 aromatic heterocycles. The van der Waals surface area contributed by atoms with Gasteiger partial charge in [-0.3, -0.25) is 4.98 Å². The van der Waals surface area contributed by atoms with Gasteiger partial charge in [0.05, 0.1) is 5.60 Å². The highest BCUT2D eigenvalue weighted by atomic mass is 16.3. The predicted octanol–water partition coefficient (Wildman–Crippen LogP) is 4.08. The highest BCUT2D eigenvalue weighted by Gasteiger charge is 2.43. The third-order valence-corrected chi connectivity index (χ3v) is 5.68. The summed E-state index contributed by atoms with van der Waals surface area (Å²) in [6.07, 6.45) is 9.57. The molecule has 0 saturated heterocycles. The lowest BCUT2D eigenvalue weighted by molar-refractivity contribution is -0.0433. The van der Waals surface area contributed by atoms with Crippen LogP contribution in [0.5, 0.6) is 0 Å². The Morgan fingerprint density at radius 3 is 2.70 bits per heavy atom. The van der Waals surface area contributed by atoms with E-state index in [0.717, 1.165) is 37.5 Å². The molecule has 3 rings (SSSR count). The van der Waals surface area contributed by atoms with E-state index in [4.69, 9.17) is 0 Å². The van der Waals surface area contributed by atoms with Gasteiger partial charge >= 0.3 is 0 Å². The lowest BCUT2D eigenvalue weighted by atomic mass is 9.66. The summed E-state index contributed by atoms with van der Waals surface area (Å²) in [5, 5.41) is 11.2. The molecule has 1 fully saturated rings. The Balaban J connectivity index is 1.80. The van der Waals surface area contributed by atoms with Crippen LogP contribution in [0.2, 0.25) is 0 Å². The number of aryl methyl sites for hydroxylation is 1. The molecule has 2 aliphatic carbocycles. The van der Waals surface area contributed by atoms with E-state index in [1.165, 1.54) is 30.5 Å². The van der Waals surface area contributed by atoms with Crippen LogP contribution in [0.3, 0.4) is 0 Å². The molecule has 2 heteroatoms. The van der Waals surface area contributed by atoms with Gasteiger partial charge < -0.3 is 5.11 Å². The lowest BCUT2D eigenvalue weighted by Gasteiger charge is -2.44. The zero-order valence-electron chi connectivity index (χ0n) is 12.8. The maximum atomic E-state index is 11.2. The molecule has 1 heterocycles. The van der Waals surface area contributed by atoms with Crippen LogP contribution in [0.4, 0.5) is 0 Å². The molecule has 110 valence electrons. The Morgan fingerprint density at radius 1 is 1.25 bits per heavy atom. The fraction of sp³-hybridized carbons (Fsp3) is 0.722. The Kier molecular flexibility index (Phi) is 3.85. The van der Waals surface area contributed by atoms with Gasteiger partial charge in [0.2, 0.25) is 0 Å². The first-order valence-corrected chi connectivity index (χ1v) is 8.26. The van der Waals surface area contributed by atoms with Gasteiger partial charge in [-0.1, -0.05) is 19.9 Å². The van der Waals surface area contributed by atoms with Crippen LogP contribution in [0.1, 0.15) is 69.5 Å². The first-order chi connectivity index (χ1) is 9.60. The number of hydrogen-bond acceptors (Lipinski definition) is 2. The summed E-state index contributed by atoms with van der Waals surface area (Å²) < 4.78 is 0. The number of aliphatic hydroxyl groups is 1. The Hall–Kier alpha value is -0.890. The summed E-state index contributed by atoms with van der Waals surface area (Å²) in [6.45, 7) is 4.62. The van der Waals surface area contributed by atoms with Crippen molar-refractivity contribution in [2.75, 3.05) is 0 Å². The summed E-state index contributed by atoms with van der Waals surface area (Å²) in [5.74, 6) is 1.80. The number of fused-ring (bicyclic) bond motifs is 1. The first-order valence-electron chi connectivity index (χ1n) is 8.26. The molecule has 20 heavy (non-hydrogen) atoms. The minimum absolute atomic E-state index is 0.264. The van der Waals surface area contributed by atoms with Crippen LogP contribution in [-0.4, -0.2) is 15.7 Å². The SMILES string of the molecule is CC(C)C1CCC(O)(C2CCCc3cccnc32)CC1. The zero-order chi connectivity index (χ0) is 14.2. The largest absolute Gasteiger partial charge is 0.389 e. The normalized spacial score (nSPS) is 34.0. The first kappa shape index (κ1) is 14.1. The van der Waals surface area contributed by atoms with Gasteiger partial charge in [-0.25, -0.2) is 0 Å². The maximum absolute atomic E-state index is 11.2. The van der Waals surface area contributed by atoms with Crippen molar-refractivity contribution in [2.45, 2.75) is 70.3 Å². The van der Waals surface area contributed by atoms with Crippen molar-refractivity contribution in [1.82, 2.24) is 4.98 Å². The Morgan fingerprint density at radius 2 is 2.00 bits per heavy atom. The van der Waals surface area contributed by atoms with Crippen molar-refractivity contribution >= 4 is 0 Å². The van der Waals surface area contributed by atoms with Crippen molar-refractivity contribution in [3.05, 3.63) is 29.6 Å². The molecule has 2 aliphatic rings. The van der Waals surface area contributed by atoms with Crippen molar-refractivity contribution < 1.29 is 5.11 Å². The molecular formula is C18H27NO. The number of hydrogen-bond donors (Lipinski definition) is 1. The molecule has 0 radical (unpaired) electrons. The quantitative estimate of drug-likeness (QED) is 0.880. The number of rotatable bonds is 2. The molecule has 0 bridgehead atoms. The van der Waals surface area contributed by atoms with Crippen LogP contribution >= 0.6 is 0 Å². The van der Waals surface area contributed by atoms with Gasteiger partial charge in [0.1, 0.15) is 0 Å². The minimum atomic E-state index is -0.505. The average molecular weight is 273 g/mol. The second-order valence-corrected chi connectivity index (χ2v) is 7.18. The highest BCUT2D eigenvalue weighted by molar-refractivity contribution is 5.28. The number of aromatic nitrogens is 1.